The van der Waals surface area contributed by atoms with Gasteiger partial charge in [-0.25, -0.2) is 4.98 Å². The Morgan fingerprint density at radius 3 is 2.45 bits per heavy atom. The summed E-state index contributed by atoms with van der Waals surface area (Å²) in [5, 5.41) is 3.62. The van der Waals surface area contributed by atoms with E-state index in [2.05, 4.69) is 24.1 Å². The molecule has 2 heterocycles. The number of aromatic nitrogens is 1. The summed E-state index contributed by atoms with van der Waals surface area (Å²) >= 11 is 0. The molecule has 208 valence electrons. The van der Waals surface area contributed by atoms with Gasteiger partial charge in [0.2, 0.25) is 5.91 Å². The molecule has 2 aromatic rings. The highest BCUT2D eigenvalue weighted by Gasteiger charge is 2.49. The minimum Gasteiger partial charge on any atom is -0.493 e. The van der Waals surface area contributed by atoms with Gasteiger partial charge in [-0.05, 0) is 55.0 Å². The van der Waals surface area contributed by atoms with Crippen molar-refractivity contribution in [3.8, 4) is 11.5 Å². The molecule has 2 aliphatic rings. The molecule has 2 atom stereocenters. The third-order valence-electron chi connectivity index (χ3n) is 8.09. The SMILES string of the molecule is COc1ccc(CN[C@@H]2CC[C@@](C(=O)N3CCN(c4cc(C(F)(F)F)ccn4)CC3)(C(C)C)C2)cc1OC. The molecule has 1 aliphatic carbocycles. The monoisotopic (exact) mass is 534 g/mol. The summed E-state index contributed by atoms with van der Waals surface area (Å²) in [6.07, 6.45) is -0.747. The highest BCUT2D eigenvalue weighted by molar-refractivity contribution is 5.84. The second kappa shape index (κ2) is 11.4. The number of methoxy groups -OCH3 is 2. The fraction of sp³-hybridized carbons (Fsp3) is 0.571. The Hall–Kier alpha value is -3.01. The van der Waals surface area contributed by atoms with Crippen molar-refractivity contribution in [2.24, 2.45) is 11.3 Å². The molecule has 1 aliphatic heterocycles. The van der Waals surface area contributed by atoms with E-state index in [0.717, 1.165) is 37.0 Å². The van der Waals surface area contributed by atoms with Crippen LogP contribution in [0.25, 0.3) is 0 Å². The zero-order valence-corrected chi connectivity index (χ0v) is 22.5. The first-order valence-electron chi connectivity index (χ1n) is 13.1. The molecule has 1 saturated heterocycles. The van der Waals surface area contributed by atoms with Gasteiger partial charge < -0.3 is 24.6 Å². The van der Waals surface area contributed by atoms with Crippen molar-refractivity contribution in [3.63, 3.8) is 0 Å². The van der Waals surface area contributed by atoms with Crippen molar-refractivity contribution in [2.75, 3.05) is 45.3 Å². The van der Waals surface area contributed by atoms with Gasteiger partial charge in [-0.3, -0.25) is 4.79 Å². The van der Waals surface area contributed by atoms with Crippen molar-refractivity contribution in [2.45, 2.75) is 51.9 Å². The van der Waals surface area contributed by atoms with Crippen molar-refractivity contribution < 1.29 is 27.4 Å². The molecule has 0 radical (unpaired) electrons. The molecule has 38 heavy (non-hydrogen) atoms. The summed E-state index contributed by atoms with van der Waals surface area (Å²) in [6.45, 7) is 6.72. The summed E-state index contributed by atoms with van der Waals surface area (Å²) in [5.41, 5.74) is -0.0843. The number of halogens is 3. The van der Waals surface area contributed by atoms with Gasteiger partial charge in [0.25, 0.3) is 0 Å². The van der Waals surface area contributed by atoms with E-state index in [9.17, 15) is 18.0 Å². The van der Waals surface area contributed by atoms with E-state index < -0.39 is 17.2 Å². The van der Waals surface area contributed by atoms with Crippen molar-refractivity contribution >= 4 is 11.7 Å². The van der Waals surface area contributed by atoms with Gasteiger partial charge in [0.15, 0.2) is 11.5 Å². The summed E-state index contributed by atoms with van der Waals surface area (Å²) < 4.78 is 50.1. The number of nitrogens with zero attached hydrogens (tertiary/aromatic N) is 3. The Bertz CT molecular complexity index is 1120. The second-order valence-electron chi connectivity index (χ2n) is 10.5. The number of alkyl halides is 3. The maximum atomic E-state index is 13.9. The number of nitrogens with one attached hydrogen (secondary N) is 1. The molecule has 1 N–H and O–H groups in total. The normalized spacial score (nSPS) is 22.2. The van der Waals surface area contributed by atoms with E-state index in [1.54, 1.807) is 14.2 Å². The number of rotatable bonds is 8. The highest BCUT2D eigenvalue weighted by atomic mass is 19.4. The van der Waals surface area contributed by atoms with Crippen LogP contribution in [0.2, 0.25) is 0 Å². The minimum atomic E-state index is -4.41. The molecule has 4 rings (SSSR count). The fourth-order valence-electron chi connectivity index (χ4n) is 5.69. The quantitative estimate of drug-likeness (QED) is 0.527. The number of carbonyl (C=O) groups is 1. The topological polar surface area (TPSA) is 66.9 Å². The standard InChI is InChI=1S/C28H37F3N4O3/c1-19(2)27(9-7-22(17-27)33-18-20-5-6-23(37-3)24(15-20)38-4)26(36)35-13-11-34(12-14-35)25-16-21(8-10-32-25)28(29,30)31/h5-6,8,10,15-16,19,22,33H,7,9,11-14,17-18H2,1-4H3/t22-,27+/m1/s1. The summed E-state index contributed by atoms with van der Waals surface area (Å²) in [4.78, 5) is 21.7. The van der Waals surface area contributed by atoms with Gasteiger partial charge in [0, 0.05) is 45.0 Å². The molecular formula is C28H37F3N4O3. The fourth-order valence-corrected chi connectivity index (χ4v) is 5.69. The highest BCUT2D eigenvalue weighted by Crippen LogP contribution is 2.46. The van der Waals surface area contributed by atoms with E-state index in [0.29, 0.717) is 50.0 Å². The Kier molecular flexibility index (Phi) is 8.40. The molecule has 0 bridgehead atoms. The van der Waals surface area contributed by atoms with Crippen LogP contribution in [0.5, 0.6) is 11.5 Å². The molecule has 1 aromatic carbocycles. The average molecular weight is 535 g/mol. The van der Waals surface area contributed by atoms with E-state index >= 15 is 0 Å². The smallest absolute Gasteiger partial charge is 0.416 e. The average Bonchev–Trinajstić information content (AvgIpc) is 3.37. The predicted molar refractivity (Wildman–Crippen MR) is 139 cm³/mol. The maximum absolute atomic E-state index is 13.9. The van der Waals surface area contributed by atoms with Gasteiger partial charge >= 0.3 is 6.18 Å². The number of piperazine rings is 1. The molecule has 1 saturated carbocycles. The zero-order valence-electron chi connectivity index (χ0n) is 22.5. The van der Waals surface area contributed by atoms with Crippen LogP contribution in [0.4, 0.5) is 19.0 Å². The van der Waals surface area contributed by atoms with Crippen LogP contribution in [-0.4, -0.2) is 62.2 Å². The number of carbonyl (C=O) groups excluding carboxylic acids is 1. The third kappa shape index (κ3) is 5.85. The first kappa shape index (κ1) is 28.0. The Labute approximate surface area is 222 Å². The summed E-state index contributed by atoms with van der Waals surface area (Å²) in [7, 11) is 3.23. The molecule has 2 fully saturated rings. The predicted octanol–water partition coefficient (Wildman–Crippen LogP) is 4.75. The number of anilines is 1. The third-order valence-corrected chi connectivity index (χ3v) is 8.09. The van der Waals surface area contributed by atoms with Crippen molar-refractivity contribution in [1.29, 1.82) is 0 Å². The van der Waals surface area contributed by atoms with E-state index in [1.165, 1.54) is 6.20 Å². The van der Waals surface area contributed by atoms with E-state index in [4.69, 9.17) is 9.47 Å². The number of hydrogen-bond donors (Lipinski definition) is 1. The lowest BCUT2D eigenvalue weighted by Crippen LogP contribution is -2.54. The molecule has 10 heteroatoms. The van der Waals surface area contributed by atoms with Gasteiger partial charge in [-0.1, -0.05) is 19.9 Å². The van der Waals surface area contributed by atoms with Crippen LogP contribution < -0.4 is 19.7 Å². The molecular weight excluding hydrogens is 497 g/mol. The molecule has 1 amide bonds. The minimum absolute atomic E-state index is 0.152. The number of ether oxygens (including phenoxy) is 2. The van der Waals surface area contributed by atoms with Crippen molar-refractivity contribution in [3.05, 3.63) is 47.7 Å². The lowest BCUT2D eigenvalue weighted by Gasteiger charge is -2.42. The Balaban J connectivity index is 1.37. The van der Waals surface area contributed by atoms with Gasteiger partial charge in [-0.15, -0.1) is 0 Å². The largest absolute Gasteiger partial charge is 0.493 e. The number of hydrogen-bond acceptors (Lipinski definition) is 6. The zero-order chi connectivity index (χ0) is 27.5. The molecule has 7 nitrogen and oxygen atoms in total. The number of pyridine rings is 1. The van der Waals surface area contributed by atoms with Crippen LogP contribution >= 0.6 is 0 Å². The molecule has 0 unspecified atom stereocenters. The van der Waals surface area contributed by atoms with Gasteiger partial charge in [0.1, 0.15) is 5.82 Å². The van der Waals surface area contributed by atoms with Crippen LogP contribution in [0.3, 0.4) is 0 Å². The number of amides is 1. The van der Waals surface area contributed by atoms with Crippen molar-refractivity contribution in [1.82, 2.24) is 15.2 Å². The van der Waals surface area contributed by atoms with Gasteiger partial charge in [-0.2, -0.15) is 13.2 Å². The molecule has 1 aromatic heterocycles. The first-order valence-corrected chi connectivity index (χ1v) is 13.1. The van der Waals surface area contributed by atoms with E-state index in [1.807, 2.05) is 28.0 Å². The summed E-state index contributed by atoms with van der Waals surface area (Å²) in [6, 6.07) is 8.12. The summed E-state index contributed by atoms with van der Waals surface area (Å²) in [5.74, 6) is 1.99. The lowest BCUT2D eigenvalue weighted by atomic mass is 9.74. The van der Waals surface area contributed by atoms with Crippen LogP contribution in [0.1, 0.15) is 44.2 Å². The van der Waals surface area contributed by atoms with E-state index in [-0.39, 0.29) is 17.9 Å². The van der Waals surface area contributed by atoms with Gasteiger partial charge in [0.05, 0.1) is 25.2 Å². The first-order chi connectivity index (χ1) is 18.1. The maximum Gasteiger partial charge on any atom is 0.416 e. The molecule has 0 spiro atoms. The van der Waals surface area contributed by atoms with Crippen LogP contribution in [0.15, 0.2) is 36.5 Å². The lowest BCUT2D eigenvalue weighted by molar-refractivity contribution is -0.145. The van der Waals surface area contributed by atoms with Crippen LogP contribution in [-0.2, 0) is 17.5 Å². The van der Waals surface area contributed by atoms with Crippen LogP contribution in [0, 0.1) is 11.3 Å². The Morgan fingerprint density at radius 2 is 1.82 bits per heavy atom. The second-order valence-corrected chi connectivity index (χ2v) is 10.5. The number of benzene rings is 1. The Morgan fingerprint density at radius 1 is 1.11 bits per heavy atom.